The van der Waals surface area contributed by atoms with Crippen LogP contribution in [0.5, 0.6) is 0 Å². The van der Waals surface area contributed by atoms with Gasteiger partial charge in [0, 0.05) is 5.92 Å². The van der Waals surface area contributed by atoms with Crippen molar-refractivity contribution in [1.82, 2.24) is 0 Å². The Kier molecular flexibility index (Phi) is 3.17. The van der Waals surface area contributed by atoms with E-state index in [0.29, 0.717) is 6.32 Å². The Morgan fingerprint density at radius 3 is 2.00 bits per heavy atom. The summed E-state index contributed by atoms with van der Waals surface area (Å²) in [5.41, 5.74) is 4.52. The zero-order chi connectivity index (χ0) is 11.9. The molecule has 1 aliphatic heterocycles. The van der Waals surface area contributed by atoms with Gasteiger partial charge in [-0.15, -0.1) is 0 Å². The van der Waals surface area contributed by atoms with E-state index in [2.05, 4.69) is 0 Å². The number of hydrogen-bond acceptors (Lipinski definition) is 3. The molecule has 0 aromatic rings. The third-order valence-corrected chi connectivity index (χ3v) is 3.33. The summed E-state index contributed by atoms with van der Waals surface area (Å²) in [5.74, 6) is -0.538. The number of primary amides is 1. The van der Waals surface area contributed by atoms with E-state index >= 15 is 0 Å². The van der Waals surface area contributed by atoms with Crippen LogP contribution < -0.4 is 5.73 Å². The largest absolute Gasteiger partial charge is 0.458 e. The van der Waals surface area contributed by atoms with Gasteiger partial charge in [0.25, 0.3) is 0 Å². The summed E-state index contributed by atoms with van der Waals surface area (Å²) in [4.78, 5) is 10.9. The molecule has 4 nitrogen and oxygen atoms in total. The quantitative estimate of drug-likeness (QED) is 0.716. The zero-order valence-corrected chi connectivity index (χ0v) is 10.2. The fourth-order valence-corrected chi connectivity index (χ4v) is 1.47. The Labute approximate surface area is 91.6 Å². The molecule has 0 aliphatic carbocycles. The molecule has 0 saturated carbocycles. The van der Waals surface area contributed by atoms with E-state index in [4.69, 9.17) is 15.0 Å². The van der Waals surface area contributed by atoms with Crippen molar-refractivity contribution >= 4 is 13.0 Å². The van der Waals surface area contributed by atoms with Crippen LogP contribution in [0.4, 0.5) is 0 Å². The second-order valence-corrected chi connectivity index (χ2v) is 5.23. The molecule has 0 radical (unpaired) electrons. The van der Waals surface area contributed by atoms with Crippen molar-refractivity contribution in [1.29, 1.82) is 0 Å². The van der Waals surface area contributed by atoms with E-state index in [-0.39, 0.29) is 30.1 Å². The molecule has 1 fully saturated rings. The number of amides is 1. The minimum Gasteiger partial charge on any atom is -0.403 e. The number of carbonyl (C=O) groups is 1. The van der Waals surface area contributed by atoms with Crippen molar-refractivity contribution in [3.05, 3.63) is 0 Å². The fourth-order valence-electron chi connectivity index (χ4n) is 1.47. The minimum atomic E-state index is -0.338. The van der Waals surface area contributed by atoms with E-state index in [1.54, 1.807) is 6.92 Å². The van der Waals surface area contributed by atoms with Gasteiger partial charge in [0.1, 0.15) is 0 Å². The summed E-state index contributed by atoms with van der Waals surface area (Å²) < 4.78 is 11.5. The highest BCUT2D eigenvalue weighted by Gasteiger charge is 2.51. The van der Waals surface area contributed by atoms with Crippen molar-refractivity contribution in [3.63, 3.8) is 0 Å². The topological polar surface area (TPSA) is 61.6 Å². The predicted octanol–water partition coefficient (Wildman–Crippen LogP) is 1.20. The van der Waals surface area contributed by atoms with Crippen LogP contribution in [0, 0.1) is 5.92 Å². The normalized spacial score (nSPS) is 25.3. The molecule has 0 bridgehead atoms. The van der Waals surface area contributed by atoms with Crippen LogP contribution in [0.15, 0.2) is 0 Å². The van der Waals surface area contributed by atoms with Gasteiger partial charge in [-0.1, -0.05) is 6.92 Å². The van der Waals surface area contributed by atoms with Gasteiger partial charge in [-0.3, -0.25) is 4.79 Å². The minimum absolute atomic E-state index is 0.223. The van der Waals surface area contributed by atoms with Crippen LogP contribution in [-0.2, 0) is 14.1 Å². The third kappa shape index (κ3) is 2.52. The molecule has 0 aromatic carbocycles. The van der Waals surface area contributed by atoms with Gasteiger partial charge in [0.2, 0.25) is 5.91 Å². The van der Waals surface area contributed by atoms with Crippen LogP contribution in [0.25, 0.3) is 0 Å². The molecule has 0 aromatic heterocycles. The molecule has 86 valence electrons. The second-order valence-electron chi connectivity index (χ2n) is 5.23. The van der Waals surface area contributed by atoms with Crippen LogP contribution >= 0.6 is 0 Å². The van der Waals surface area contributed by atoms with Crippen LogP contribution in [-0.4, -0.2) is 24.2 Å². The first-order valence-electron chi connectivity index (χ1n) is 5.30. The Morgan fingerprint density at radius 2 is 1.67 bits per heavy atom. The van der Waals surface area contributed by atoms with Gasteiger partial charge in [0.15, 0.2) is 0 Å². The van der Waals surface area contributed by atoms with Crippen molar-refractivity contribution < 1.29 is 14.1 Å². The first-order chi connectivity index (χ1) is 6.66. The van der Waals surface area contributed by atoms with E-state index in [1.807, 2.05) is 27.7 Å². The van der Waals surface area contributed by atoms with Gasteiger partial charge in [-0.05, 0) is 34.0 Å². The Hall–Kier alpha value is -0.545. The average molecular weight is 213 g/mol. The fraction of sp³-hybridized carbons (Fsp3) is 0.900. The van der Waals surface area contributed by atoms with Crippen molar-refractivity contribution in [3.8, 4) is 0 Å². The summed E-state index contributed by atoms with van der Waals surface area (Å²) in [6, 6.07) is 0. The molecule has 15 heavy (non-hydrogen) atoms. The first-order valence-corrected chi connectivity index (χ1v) is 5.30. The first kappa shape index (κ1) is 12.5. The van der Waals surface area contributed by atoms with Crippen molar-refractivity contribution in [2.75, 3.05) is 0 Å². The molecule has 1 aliphatic rings. The maximum atomic E-state index is 10.9. The number of hydrogen-bond donors (Lipinski definition) is 1. The highest BCUT2D eigenvalue weighted by Crippen LogP contribution is 2.38. The van der Waals surface area contributed by atoms with Gasteiger partial charge < -0.3 is 15.0 Å². The molecule has 1 rings (SSSR count). The van der Waals surface area contributed by atoms with E-state index in [0.717, 1.165) is 0 Å². The lowest BCUT2D eigenvalue weighted by Crippen LogP contribution is -2.41. The highest BCUT2D eigenvalue weighted by atomic mass is 16.7. The molecular formula is C10H20BNO3. The van der Waals surface area contributed by atoms with E-state index < -0.39 is 0 Å². The molecule has 1 atom stereocenters. The predicted molar refractivity (Wildman–Crippen MR) is 59.2 cm³/mol. The molecule has 0 spiro atoms. The Bertz CT molecular complexity index is 249. The van der Waals surface area contributed by atoms with Crippen LogP contribution in [0.1, 0.15) is 34.6 Å². The van der Waals surface area contributed by atoms with E-state index in [1.165, 1.54) is 0 Å². The second kappa shape index (κ2) is 3.79. The summed E-state index contributed by atoms with van der Waals surface area (Å²) >= 11 is 0. The maximum absolute atomic E-state index is 10.9. The highest BCUT2D eigenvalue weighted by molar-refractivity contribution is 6.46. The average Bonchev–Trinajstić information content (AvgIpc) is 2.19. The SMILES string of the molecule is CC(CB1OC(C)(C)C(C)(C)O1)C(N)=O. The third-order valence-electron chi connectivity index (χ3n) is 3.33. The summed E-state index contributed by atoms with van der Waals surface area (Å²) in [7, 11) is -0.336. The smallest absolute Gasteiger partial charge is 0.403 e. The molecular weight excluding hydrogens is 193 g/mol. The molecule has 5 heteroatoms. The Balaban J connectivity index is 2.60. The maximum Gasteiger partial charge on any atom is 0.458 e. The number of nitrogens with two attached hydrogens (primary N) is 1. The molecule has 1 unspecified atom stereocenters. The summed E-state index contributed by atoms with van der Waals surface area (Å²) in [6.45, 7) is 9.74. The van der Waals surface area contributed by atoms with Crippen molar-refractivity contribution in [2.45, 2.75) is 52.1 Å². The summed E-state index contributed by atoms with van der Waals surface area (Å²) in [6.07, 6.45) is 0.516. The molecule has 1 amide bonds. The lowest BCUT2D eigenvalue weighted by atomic mass is 9.78. The summed E-state index contributed by atoms with van der Waals surface area (Å²) in [5, 5.41) is 0. The monoisotopic (exact) mass is 213 g/mol. The van der Waals surface area contributed by atoms with Crippen LogP contribution in [0.2, 0.25) is 6.32 Å². The Morgan fingerprint density at radius 1 is 1.27 bits per heavy atom. The zero-order valence-electron chi connectivity index (χ0n) is 10.2. The lowest BCUT2D eigenvalue weighted by molar-refractivity contribution is -0.120. The van der Waals surface area contributed by atoms with Crippen molar-refractivity contribution in [2.24, 2.45) is 11.7 Å². The van der Waals surface area contributed by atoms with E-state index in [9.17, 15) is 4.79 Å². The van der Waals surface area contributed by atoms with Gasteiger partial charge >= 0.3 is 7.12 Å². The van der Waals surface area contributed by atoms with Gasteiger partial charge in [-0.25, -0.2) is 0 Å². The molecule has 1 saturated heterocycles. The lowest BCUT2D eigenvalue weighted by Gasteiger charge is -2.32. The standard InChI is InChI=1S/C10H20BNO3/c1-7(8(12)13)6-11-14-9(2,3)10(4,5)15-11/h7H,6H2,1-5H3,(H2,12,13). The number of carbonyl (C=O) groups excluding carboxylic acids is 1. The van der Waals surface area contributed by atoms with Crippen LogP contribution in [0.3, 0.4) is 0 Å². The molecule has 1 heterocycles. The van der Waals surface area contributed by atoms with Gasteiger partial charge in [0.05, 0.1) is 11.2 Å². The number of rotatable bonds is 3. The van der Waals surface area contributed by atoms with Gasteiger partial charge in [-0.2, -0.15) is 0 Å². The molecule has 2 N–H and O–H groups in total.